The lowest BCUT2D eigenvalue weighted by atomic mass is 10.2. The van der Waals surface area contributed by atoms with Crippen molar-refractivity contribution in [1.29, 1.82) is 0 Å². The van der Waals surface area contributed by atoms with Crippen LogP contribution in [0.5, 0.6) is 0 Å². The van der Waals surface area contributed by atoms with Crippen LogP contribution in [0.15, 0.2) is 98.3 Å². The molecule has 0 radical (unpaired) electrons. The lowest BCUT2D eigenvalue weighted by molar-refractivity contribution is 0.277. The second-order valence-electron chi connectivity index (χ2n) is 16.9. The van der Waals surface area contributed by atoms with Crippen LogP contribution < -0.4 is 21.3 Å². The molecule has 12 heterocycles. The van der Waals surface area contributed by atoms with E-state index in [1.807, 2.05) is 58.1 Å². The fraction of sp³-hybridized carbons (Fsp3) is 0.224. The summed E-state index contributed by atoms with van der Waals surface area (Å²) < 4.78 is 19.3. The minimum Gasteiger partial charge on any atom is -0.395 e. The summed E-state index contributed by atoms with van der Waals surface area (Å²) in [6.45, 7) is 5.05. The van der Waals surface area contributed by atoms with Crippen LogP contribution in [0.3, 0.4) is 0 Å². The van der Waals surface area contributed by atoms with Gasteiger partial charge in [0, 0.05) is 68.4 Å². The number of nitrogens with zero attached hydrogens (tertiary/aromatic N) is 19. The molecule has 0 unspecified atom stereocenters. The SMILES string of the molecule is Cc1cn(CCO)c2nc(Cl)nc(NCc3ccncn3)c12.Clc1nc(NCc2ccncn2)c2[nH]cnc2n1.OCCn1cc(F)c2c(NCc3nccs3)nc(Cl)nc21.OCCn1ccc2c(NCc3ccncn3)nc(Cl)nc21. The number of halogens is 5. The van der Waals surface area contributed by atoms with Gasteiger partial charge in [0.05, 0.1) is 85.6 Å². The zero-order valence-corrected chi connectivity index (χ0v) is 46.8. The molecule has 82 heavy (non-hydrogen) atoms. The van der Waals surface area contributed by atoms with Gasteiger partial charge in [-0.3, -0.25) is 0 Å². The van der Waals surface area contributed by atoms with Crippen molar-refractivity contribution in [2.45, 2.75) is 52.7 Å². The molecule has 0 saturated carbocycles. The van der Waals surface area contributed by atoms with E-state index in [0.29, 0.717) is 90.6 Å². The van der Waals surface area contributed by atoms with Crippen LogP contribution in [0, 0.1) is 12.7 Å². The number of aromatic amines is 1. The highest BCUT2D eigenvalue weighted by Gasteiger charge is 2.18. The van der Waals surface area contributed by atoms with E-state index >= 15 is 0 Å². The van der Waals surface area contributed by atoms with Gasteiger partial charge in [-0.1, -0.05) is 0 Å². The van der Waals surface area contributed by atoms with Crippen molar-refractivity contribution >= 4 is 125 Å². The van der Waals surface area contributed by atoms with E-state index in [4.69, 9.17) is 61.7 Å². The highest BCUT2D eigenvalue weighted by molar-refractivity contribution is 7.09. The highest BCUT2D eigenvalue weighted by atomic mass is 35.5. The van der Waals surface area contributed by atoms with Gasteiger partial charge in [-0.05, 0) is 83.2 Å². The van der Waals surface area contributed by atoms with E-state index in [9.17, 15) is 4.39 Å². The van der Waals surface area contributed by atoms with E-state index in [0.717, 1.165) is 38.4 Å². The van der Waals surface area contributed by atoms with Crippen LogP contribution in [0.4, 0.5) is 27.7 Å². The van der Waals surface area contributed by atoms with Crippen LogP contribution in [-0.2, 0) is 45.8 Å². The monoisotopic (exact) mass is 1210 g/mol. The van der Waals surface area contributed by atoms with Crippen LogP contribution in [0.2, 0.25) is 21.1 Å². The van der Waals surface area contributed by atoms with Crippen molar-refractivity contribution in [2.24, 2.45) is 0 Å². The topological polar surface area (TPSA) is 346 Å². The van der Waals surface area contributed by atoms with Crippen molar-refractivity contribution < 1.29 is 19.7 Å². The number of fused-ring (bicyclic) bond motifs is 4. The summed E-state index contributed by atoms with van der Waals surface area (Å²) in [5, 5.41) is 45.0. The van der Waals surface area contributed by atoms with Crippen molar-refractivity contribution in [2.75, 3.05) is 41.1 Å². The zero-order valence-electron chi connectivity index (χ0n) is 42.9. The van der Waals surface area contributed by atoms with Gasteiger partial charge in [-0.15, -0.1) is 11.3 Å². The Balaban J connectivity index is 0.000000132. The smallest absolute Gasteiger partial charge is 0.226 e. The maximum Gasteiger partial charge on any atom is 0.226 e. The second kappa shape index (κ2) is 28.2. The Morgan fingerprint density at radius 3 is 1.61 bits per heavy atom. The summed E-state index contributed by atoms with van der Waals surface area (Å²) in [7, 11) is 0. The number of aromatic nitrogens is 20. The molecule has 0 atom stereocenters. The molecule has 27 nitrogen and oxygen atoms in total. The fourth-order valence-corrected chi connectivity index (χ4v) is 9.18. The van der Waals surface area contributed by atoms with Gasteiger partial charge in [-0.25, -0.2) is 54.2 Å². The number of hydrogen-bond donors (Lipinski definition) is 8. The molecule has 8 N–H and O–H groups in total. The first-order valence-electron chi connectivity index (χ1n) is 24.5. The quantitative estimate of drug-likeness (QED) is 0.0402. The van der Waals surface area contributed by atoms with E-state index in [2.05, 4.69) is 106 Å². The number of nitrogens with one attached hydrogen (secondary N) is 5. The minimum absolute atomic E-state index is 0.0152. The van der Waals surface area contributed by atoms with Crippen LogP contribution in [0.25, 0.3) is 44.3 Å². The number of thiazole rings is 1. The first-order valence-corrected chi connectivity index (χ1v) is 26.9. The molecule has 0 aliphatic carbocycles. The largest absolute Gasteiger partial charge is 0.395 e. The first kappa shape index (κ1) is 58.1. The molecule has 12 aromatic rings. The van der Waals surface area contributed by atoms with Crippen molar-refractivity contribution in [3.63, 3.8) is 0 Å². The van der Waals surface area contributed by atoms with Crippen molar-refractivity contribution in [3.8, 4) is 0 Å². The summed E-state index contributed by atoms with van der Waals surface area (Å²) in [6.07, 6.45) is 17.9. The van der Waals surface area contributed by atoms with Gasteiger partial charge in [0.25, 0.3) is 0 Å². The van der Waals surface area contributed by atoms with Gasteiger partial charge in [0.1, 0.15) is 63.9 Å². The standard InChI is InChI=1S/C14H15ClN6O.C13H13ClN6O.C12H11ClFN5OS.C10H8ClN7/c1-9-7-21(4-5-22)13-11(9)12(19-14(15)20-13)17-6-10-2-3-16-8-18-10;14-13-18-11(16-7-9-1-3-15-8-17-9)10-2-4-20(5-6-21)12(10)19-13;13-12-17-10(16-5-8-15-1-4-21-8)9-7(14)6-19(2-3-20)11(9)18-12;11-10-17-8(7-9(18-10)16-5-15-7)13-3-6-1-2-12-4-14-6/h2-3,7-8,22H,4-6H2,1H3,(H,17,19,20);1-4,8,21H,5-7H2,(H,16,18,19);1,4,6,20H,2-3,5H2,(H,16,17,18);1-2,4-5H,3H2,(H2,13,15,16,17,18). The molecular weight excluding hydrogens is 1170 g/mol. The lowest BCUT2D eigenvalue weighted by Crippen LogP contribution is -2.06. The third kappa shape index (κ3) is 14.9. The predicted molar refractivity (Wildman–Crippen MR) is 308 cm³/mol. The number of imidazole rings is 1. The Morgan fingerprint density at radius 1 is 0.537 bits per heavy atom. The normalized spacial score (nSPS) is 11.0. The zero-order chi connectivity index (χ0) is 57.4. The minimum atomic E-state index is -0.461. The predicted octanol–water partition coefficient (Wildman–Crippen LogP) is 6.96. The first-order chi connectivity index (χ1) is 40.0. The number of aryl methyl sites for hydroxylation is 1. The van der Waals surface area contributed by atoms with Gasteiger partial charge in [-0.2, -0.15) is 29.9 Å². The summed E-state index contributed by atoms with van der Waals surface area (Å²) in [4.78, 5) is 68.3. The number of hydrogen-bond acceptors (Lipinski definition) is 24. The Kier molecular flexibility index (Phi) is 20.0. The Morgan fingerprint density at radius 2 is 1.04 bits per heavy atom. The summed E-state index contributed by atoms with van der Waals surface area (Å²) in [5.41, 5.74) is 6.56. The molecular formula is C49H47Cl4FN24O3S. The Bertz CT molecular complexity index is 4000. The fourth-order valence-electron chi connectivity index (χ4n) is 7.96. The molecule has 0 aliphatic heterocycles. The lowest BCUT2D eigenvalue weighted by Gasteiger charge is -2.08. The van der Waals surface area contributed by atoms with Crippen LogP contribution in [0.1, 0.15) is 27.7 Å². The summed E-state index contributed by atoms with van der Waals surface area (Å²) in [5.74, 6) is 1.75. The van der Waals surface area contributed by atoms with Crippen molar-refractivity contribution in [3.05, 3.63) is 153 Å². The molecule has 0 aliphatic rings. The molecule has 12 aromatic heterocycles. The van der Waals surface area contributed by atoms with Gasteiger partial charge in [0.2, 0.25) is 21.1 Å². The Hall–Kier alpha value is -8.55. The average molecular weight is 1210 g/mol. The molecule has 33 heteroatoms. The third-order valence-electron chi connectivity index (χ3n) is 11.5. The highest BCUT2D eigenvalue weighted by Crippen LogP contribution is 2.30. The molecule has 0 saturated heterocycles. The average Bonchev–Trinajstić information content (AvgIpc) is 4.54. The maximum atomic E-state index is 14.1. The molecule has 0 fully saturated rings. The van der Waals surface area contributed by atoms with E-state index < -0.39 is 5.82 Å². The second-order valence-corrected chi connectivity index (χ2v) is 19.2. The number of aliphatic hydroxyl groups excluding tert-OH is 3. The van der Waals surface area contributed by atoms with Gasteiger partial charge >= 0.3 is 0 Å². The third-order valence-corrected chi connectivity index (χ3v) is 13.0. The van der Waals surface area contributed by atoms with Crippen LogP contribution >= 0.6 is 57.7 Å². The molecule has 0 spiro atoms. The van der Waals surface area contributed by atoms with E-state index in [-0.39, 0.29) is 52.9 Å². The molecule has 0 aromatic carbocycles. The number of anilines is 4. The summed E-state index contributed by atoms with van der Waals surface area (Å²) in [6, 6.07) is 7.37. The summed E-state index contributed by atoms with van der Waals surface area (Å²) >= 11 is 25.2. The number of rotatable bonds is 18. The molecule has 12 rings (SSSR count). The van der Waals surface area contributed by atoms with Gasteiger partial charge in [0.15, 0.2) is 17.3 Å². The number of aliphatic hydroxyl groups is 3. The van der Waals surface area contributed by atoms with E-state index in [1.54, 1.807) is 31.1 Å². The van der Waals surface area contributed by atoms with Gasteiger partial charge < -0.3 is 55.3 Å². The molecule has 0 bridgehead atoms. The van der Waals surface area contributed by atoms with Crippen molar-refractivity contribution in [1.82, 2.24) is 98.4 Å². The maximum absolute atomic E-state index is 14.1. The molecule has 422 valence electrons. The number of H-pyrrole nitrogens is 1. The van der Waals surface area contributed by atoms with E-state index in [1.165, 1.54) is 41.1 Å². The molecule has 0 amide bonds. The van der Waals surface area contributed by atoms with Crippen LogP contribution in [-0.4, -0.2) is 134 Å². The Labute approximate surface area is 487 Å².